The Balaban J connectivity index is 0.000000921. The van der Waals surface area contributed by atoms with Crippen LogP contribution in [-0.4, -0.2) is 37.1 Å². The number of ether oxygens (including phenoxy) is 1. The van der Waals surface area contributed by atoms with E-state index in [9.17, 15) is 4.79 Å². The van der Waals surface area contributed by atoms with E-state index < -0.39 is 0 Å². The van der Waals surface area contributed by atoms with Gasteiger partial charge in [0, 0.05) is 25.9 Å². The smallest absolute Gasteiger partial charge is 0.219 e. The molecule has 3 heteroatoms. The molecule has 0 aromatic carbocycles. The number of amides is 1. The van der Waals surface area contributed by atoms with Crippen LogP contribution in [-0.2, 0) is 9.53 Å². The fourth-order valence-corrected chi connectivity index (χ4v) is 1.53. The highest BCUT2D eigenvalue weighted by Gasteiger charge is 2.22. The molecule has 1 aliphatic rings. The van der Waals surface area contributed by atoms with Crippen LogP contribution in [0.2, 0.25) is 0 Å². The van der Waals surface area contributed by atoms with Crippen LogP contribution >= 0.6 is 0 Å². The van der Waals surface area contributed by atoms with E-state index in [1.54, 1.807) is 6.92 Å². The first-order valence-electron chi connectivity index (χ1n) is 5.94. The molecule has 0 radical (unpaired) electrons. The van der Waals surface area contributed by atoms with Gasteiger partial charge in [0.2, 0.25) is 5.91 Å². The van der Waals surface area contributed by atoms with E-state index in [1.807, 2.05) is 18.7 Å². The van der Waals surface area contributed by atoms with Crippen LogP contribution in [0.3, 0.4) is 0 Å². The van der Waals surface area contributed by atoms with E-state index in [2.05, 4.69) is 13.8 Å². The highest BCUT2D eigenvalue weighted by Crippen LogP contribution is 2.15. The predicted molar refractivity (Wildman–Crippen MR) is 62.7 cm³/mol. The summed E-state index contributed by atoms with van der Waals surface area (Å²) in [6, 6.07) is 0. The Bertz CT molecular complexity index is 180. The zero-order chi connectivity index (χ0) is 11.8. The Morgan fingerprint density at radius 1 is 1.40 bits per heavy atom. The Morgan fingerprint density at radius 3 is 2.47 bits per heavy atom. The summed E-state index contributed by atoms with van der Waals surface area (Å²) in [6.07, 6.45) is 0. The minimum absolute atomic E-state index is 0.163. The fraction of sp³-hybridized carbons (Fsp3) is 0.917. The van der Waals surface area contributed by atoms with Crippen molar-refractivity contribution in [3.05, 3.63) is 0 Å². The highest BCUT2D eigenvalue weighted by atomic mass is 16.5. The van der Waals surface area contributed by atoms with Crippen LogP contribution in [0.25, 0.3) is 0 Å². The van der Waals surface area contributed by atoms with Crippen molar-refractivity contribution in [1.82, 2.24) is 4.90 Å². The van der Waals surface area contributed by atoms with Gasteiger partial charge in [-0.3, -0.25) is 4.79 Å². The average Bonchev–Trinajstić information content (AvgIpc) is 2.45. The quantitative estimate of drug-likeness (QED) is 0.671. The molecule has 0 spiro atoms. The van der Waals surface area contributed by atoms with Crippen molar-refractivity contribution < 1.29 is 9.53 Å². The van der Waals surface area contributed by atoms with Gasteiger partial charge >= 0.3 is 0 Å². The standard InChI is InChI=1S/C10H19NO2.C2H6/c1-8(2)10-6-11(9(3)12)4-5-13-7-10;1-2/h8,10H,4-7H2,1-3H3;1-2H3/t10-;/m0./s1. The van der Waals surface area contributed by atoms with Crippen molar-refractivity contribution in [2.75, 3.05) is 26.3 Å². The second-order valence-corrected chi connectivity index (χ2v) is 4.04. The van der Waals surface area contributed by atoms with Crippen molar-refractivity contribution in [2.24, 2.45) is 11.8 Å². The number of carbonyl (C=O) groups is 1. The zero-order valence-corrected chi connectivity index (χ0v) is 10.7. The molecule has 90 valence electrons. The first-order chi connectivity index (χ1) is 7.11. The Morgan fingerprint density at radius 2 is 2.00 bits per heavy atom. The lowest BCUT2D eigenvalue weighted by atomic mass is 9.96. The lowest BCUT2D eigenvalue weighted by Gasteiger charge is -2.24. The molecule has 0 N–H and O–H groups in total. The molecule has 1 aliphatic heterocycles. The number of hydrogen-bond donors (Lipinski definition) is 0. The van der Waals surface area contributed by atoms with Gasteiger partial charge in [0.05, 0.1) is 13.2 Å². The summed E-state index contributed by atoms with van der Waals surface area (Å²) in [5.41, 5.74) is 0. The molecule has 15 heavy (non-hydrogen) atoms. The summed E-state index contributed by atoms with van der Waals surface area (Å²) in [6.45, 7) is 13.1. The Hall–Kier alpha value is -0.570. The number of rotatable bonds is 1. The van der Waals surface area contributed by atoms with E-state index in [0.717, 1.165) is 19.7 Å². The molecule has 1 rings (SSSR count). The molecule has 0 bridgehead atoms. The first-order valence-corrected chi connectivity index (χ1v) is 5.94. The Kier molecular flexibility index (Phi) is 7.39. The van der Waals surface area contributed by atoms with Gasteiger partial charge in [-0.1, -0.05) is 27.7 Å². The molecule has 0 aromatic heterocycles. The lowest BCUT2D eigenvalue weighted by Crippen LogP contribution is -2.35. The van der Waals surface area contributed by atoms with Gasteiger partial charge in [-0.2, -0.15) is 0 Å². The number of hydrogen-bond acceptors (Lipinski definition) is 2. The van der Waals surface area contributed by atoms with Crippen molar-refractivity contribution in [2.45, 2.75) is 34.6 Å². The predicted octanol–water partition coefficient (Wildman–Crippen LogP) is 2.16. The highest BCUT2D eigenvalue weighted by molar-refractivity contribution is 5.73. The summed E-state index contributed by atoms with van der Waals surface area (Å²) in [4.78, 5) is 13.1. The molecule has 3 nitrogen and oxygen atoms in total. The van der Waals surface area contributed by atoms with Crippen molar-refractivity contribution in [3.63, 3.8) is 0 Å². The molecule has 1 fully saturated rings. The van der Waals surface area contributed by atoms with Gasteiger partial charge in [-0.15, -0.1) is 0 Å². The third-order valence-corrected chi connectivity index (χ3v) is 2.68. The van der Waals surface area contributed by atoms with Crippen molar-refractivity contribution in [1.29, 1.82) is 0 Å². The van der Waals surface area contributed by atoms with E-state index in [1.165, 1.54) is 0 Å². The van der Waals surface area contributed by atoms with Crippen molar-refractivity contribution >= 4 is 5.91 Å². The molecular formula is C12H25NO2. The lowest BCUT2D eigenvalue weighted by molar-refractivity contribution is -0.129. The van der Waals surface area contributed by atoms with E-state index >= 15 is 0 Å². The second-order valence-electron chi connectivity index (χ2n) is 4.04. The van der Waals surface area contributed by atoms with Crippen LogP contribution in [0.1, 0.15) is 34.6 Å². The van der Waals surface area contributed by atoms with Crippen LogP contribution in [0, 0.1) is 11.8 Å². The van der Waals surface area contributed by atoms with Crippen LogP contribution in [0.5, 0.6) is 0 Å². The summed E-state index contributed by atoms with van der Waals surface area (Å²) in [5.74, 6) is 1.24. The molecular weight excluding hydrogens is 190 g/mol. The van der Waals surface area contributed by atoms with Crippen molar-refractivity contribution in [3.8, 4) is 0 Å². The Labute approximate surface area is 93.8 Å². The maximum atomic E-state index is 11.2. The number of carbonyl (C=O) groups excluding carboxylic acids is 1. The van der Waals surface area contributed by atoms with Gasteiger partial charge in [0.15, 0.2) is 0 Å². The monoisotopic (exact) mass is 215 g/mol. The molecule has 0 aromatic rings. The average molecular weight is 215 g/mol. The van der Waals surface area contributed by atoms with Crippen LogP contribution in [0.15, 0.2) is 0 Å². The maximum Gasteiger partial charge on any atom is 0.219 e. The van der Waals surface area contributed by atoms with Crippen LogP contribution in [0.4, 0.5) is 0 Å². The number of nitrogens with zero attached hydrogens (tertiary/aromatic N) is 1. The van der Waals surface area contributed by atoms with Crippen LogP contribution < -0.4 is 0 Å². The summed E-state index contributed by atoms with van der Waals surface area (Å²) < 4.78 is 5.45. The SMILES string of the molecule is CC.CC(=O)N1CCOC[C@@H](C(C)C)C1. The molecule has 1 saturated heterocycles. The minimum atomic E-state index is 0.163. The van der Waals surface area contributed by atoms with Gasteiger partial charge in [-0.05, 0) is 5.92 Å². The molecule has 1 heterocycles. The minimum Gasteiger partial charge on any atom is -0.379 e. The summed E-state index contributed by atoms with van der Waals surface area (Å²) >= 11 is 0. The maximum absolute atomic E-state index is 11.2. The summed E-state index contributed by atoms with van der Waals surface area (Å²) in [7, 11) is 0. The summed E-state index contributed by atoms with van der Waals surface area (Å²) in [5, 5.41) is 0. The van der Waals surface area contributed by atoms with Gasteiger partial charge in [-0.25, -0.2) is 0 Å². The van der Waals surface area contributed by atoms with Gasteiger partial charge in [0.25, 0.3) is 0 Å². The topological polar surface area (TPSA) is 29.5 Å². The largest absolute Gasteiger partial charge is 0.379 e. The zero-order valence-electron chi connectivity index (χ0n) is 10.7. The molecule has 1 amide bonds. The molecule has 0 saturated carbocycles. The van der Waals surface area contributed by atoms with E-state index in [0.29, 0.717) is 18.4 Å². The first kappa shape index (κ1) is 14.4. The van der Waals surface area contributed by atoms with E-state index in [-0.39, 0.29) is 5.91 Å². The molecule has 0 aliphatic carbocycles. The fourth-order valence-electron chi connectivity index (χ4n) is 1.53. The third kappa shape index (κ3) is 5.17. The van der Waals surface area contributed by atoms with E-state index in [4.69, 9.17) is 4.74 Å². The van der Waals surface area contributed by atoms with Gasteiger partial charge in [0.1, 0.15) is 0 Å². The third-order valence-electron chi connectivity index (χ3n) is 2.68. The molecule has 1 atom stereocenters. The normalized spacial score (nSPS) is 21.7. The van der Waals surface area contributed by atoms with Gasteiger partial charge < -0.3 is 9.64 Å². The molecule has 0 unspecified atom stereocenters. The second kappa shape index (κ2) is 7.69.